The van der Waals surface area contributed by atoms with Gasteiger partial charge in [-0.25, -0.2) is 0 Å². The largest absolute Gasteiger partial charge is 0.351 e. The molecule has 1 aliphatic heterocycles. The molecule has 2 aromatic carbocycles. The first-order valence-electron chi connectivity index (χ1n) is 11.8. The molecule has 2 aliphatic rings. The fourth-order valence-corrected chi connectivity index (χ4v) is 4.86. The molecule has 32 heavy (non-hydrogen) atoms. The Morgan fingerprint density at radius 1 is 1.19 bits per heavy atom. The van der Waals surface area contributed by atoms with Crippen molar-refractivity contribution < 1.29 is 4.79 Å². The van der Waals surface area contributed by atoms with E-state index >= 15 is 0 Å². The van der Waals surface area contributed by atoms with Crippen LogP contribution < -0.4 is 15.8 Å². The van der Waals surface area contributed by atoms with Crippen LogP contribution in [0.2, 0.25) is 0 Å². The molecule has 0 bridgehead atoms. The molecule has 5 nitrogen and oxygen atoms in total. The van der Waals surface area contributed by atoms with Gasteiger partial charge in [0.25, 0.3) is 0 Å². The van der Waals surface area contributed by atoms with Gasteiger partial charge in [0, 0.05) is 37.1 Å². The summed E-state index contributed by atoms with van der Waals surface area (Å²) in [6.07, 6.45) is 5.70. The third-order valence-electron chi connectivity index (χ3n) is 6.27. The van der Waals surface area contributed by atoms with Crippen molar-refractivity contribution in [1.29, 1.82) is 0 Å². The molecule has 1 saturated heterocycles. The van der Waals surface area contributed by atoms with Crippen LogP contribution in [0.3, 0.4) is 0 Å². The number of carbonyl (C=O) groups excluding carboxylic acids is 1. The van der Waals surface area contributed by atoms with Gasteiger partial charge in [0.05, 0.1) is 5.41 Å². The fourth-order valence-electron chi connectivity index (χ4n) is 4.49. The van der Waals surface area contributed by atoms with Crippen LogP contribution in [0.25, 0.3) is 0 Å². The molecule has 4 rings (SSSR count). The summed E-state index contributed by atoms with van der Waals surface area (Å²) in [4.78, 5) is 15.8. The SMILES string of the molecule is CC.CSNc1cccc(C2(C(=O)NC(Cc3ccccc3)CN3CCC(N)C3)CC2)c1. The molecule has 1 aliphatic carbocycles. The van der Waals surface area contributed by atoms with Crippen LogP contribution in [0.5, 0.6) is 0 Å². The van der Waals surface area contributed by atoms with Gasteiger partial charge in [-0.2, -0.15) is 0 Å². The van der Waals surface area contributed by atoms with Crippen LogP contribution in [0.4, 0.5) is 5.69 Å². The molecular formula is C26H38N4OS. The van der Waals surface area contributed by atoms with Crippen LogP contribution in [0.1, 0.15) is 44.2 Å². The average molecular weight is 455 g/mol. The highest BCUT2D eigenvalue weighted by Gasteiger charge is 2.51. The summed E-state index contributed by atoms with van der Waals surface area (Å²) in [5.74, 6) is 0.160. The zero-order valence-electron chi connectivity index (χ0n) is 19.6. The van der Waals surface area contributed by atoms with Crippen LogP contribution >= 0.6 is 11.9 Å². The summed E-state index contributed by atoms with van der Waals surface area (Å²) in [6.45, 7) is 6.77. The minimum Gasteiger partial charge on any atom is -0.351 e. The second-order valence-corrected chi connectivity index (χ2v) is 9.25. The number of rotatable bonds is 9. The maximum atomic E-state index is 13.5. The van der Waals surface area contributed by atoms with Crippen LogP contribution in [-0.4, -0.2) is 48.8 Å². The maximum Gasteiger partial charge on any atom is 0.230 e. The van der Waals surface area contributed by atoms with Gasteiger partial charge in [-0.3, -0.25) is 9.69 Å². The predicted molar refractivity (Wildman–Crippen MR) is 137 cm³/mol. The number of nitrogens with zero attached hydrogens (tertiary/aromatic N) is 1. The second-order valence-electron chi connectivity index (χ2n) is 8.64. The minimum absolute atomic E-state index is 0.0789. The lowest BCUT2D eigenvalue weighted by molar-refractivity contribution is -0.124. The molecule has 174 valence electrons. The standard InChI is InChI=1S/C24H32N4OS.C2H6/c1-30-27-21-9-5-8-19(15-21)24(11-12-24)23(29)26-22(14-18-6-3-2-4-7-18)17-28-13-10-20(25)16-28;1-2/h2-9,15,20,22,27H,10-14,16-17,25H2,1H3,(H,26,29);1-2H3. The highest BCUT2D eigenvalue weighted by atomic mass is 32.2. The van der Waals surface area contributed by atoms with E-state index in [2.05, 4.69) is 51.3 Å². The Labute approximate surface area is 197 Å². The summed E-state index contributed by atoms with van der Waals surface area (Å²) < 4.78 is 3.28. The topological polar surface area (TPSA) is 70.4 Å². The van der Waals surface area contributed by atoms with Gasteiger partial charge in [0.2, 0.25) is 5.91 Å². The van der Waals surface area contributed by atoms with Crippen molar-refractivity contribution in [3.63, 3.8) is 0 Å². The number of nitrogens with two attached hydrogens (primary N) is 1. The Morgan fingerprint density at radius 2 is 1.94 bits per heavy atom. The normalized spacial score (nSPS) is 20.1. The first-order chi connectivity index (χ1) is 15.6. The van der Waals surface area contributed by atoms with Gasteiger partial charge < -0.3 is 15.8 Å². The lowest BCUT2D eigenvalue weighted by Gasteiger charge is -2.27. The van der Waals surface area contributed by atoms with Gasteiger partial charge in [-0.1, -0.05) is 68.3 Å². The molecule has 2 unspecified atom stereocenters. The number of benzene rings is 2. The van der Waals surface area contributed by atoms with Gasteiger partial charge in [-0.05, 0) is 55.5 Å². The van der Waals surface area contributed by atoms with E-state index < -0.39 is 0 Å². The monoisotopic (exact) mass is 454 g/mol. The summed E-state index contributed by atoms with van der Waals surface area (Å²) in [7, 11) is 0. The van der Waals surface area contributed by atoms with Crippen LogP contribution in [0, 0.1) is 0 Å². The molecule has 1 amide bonds. The maximum absolute atomic E-state index is 13.5. The van der Waals surface area contributed by atoms with Gasteiger partial charge in [0.1, 0.15) is 0 Å². The van der Waals surface area contributed by atoms with E-state index in [-0.39, 0.29) is 23.4 Å². The molecule has 0 radical (unpaired) electrons. The predicted octanol–water partition coefficient (Wildman–Crippen LogP) is 4.19. The molecule has 1 heterocycles. The third kappa shape index (κ3) is 6.27. The Kier molecular flexibility index (Phi) is 9.02. The molecule has 2 fully saturated rings. The van der Waals surface area contributed by atoms with E-state index in [1.807, 2.05) is 38.3 Å². The zero-order valence-corrected chi connectivity index (χ0v) is 20.5. The first-order valence-corrected chi connectivity index (χ1v) is 13.0. The van der Waals surface area contributed by atoms with E-state index in [4.69, 9.17) is 5.73 Å². The highest BCUT2D eigenvalue weighted by Crippen LogP contribution is 2.49. The number of anilines is 1. The van der Waals surface area contributed by atoms with Crippen molar-refractivity contribution in [1.82, 2.24) is 10.2 Å². The molecular weight excluding hydrogens is 416 g/mol. The Balaban J connectivity index is 0.00000141. The molecule has 6 heteroatoms. The van der Waals surface area contributed by atoms with E-state index in [0.717, 1.165) is 56.6 Å². The van der Waals surface area contributed by atoms with Crippen molar-refractivity contribution >= 4 is 23.5 Å². The van der Waals surface area contributed by atoms with Crippen molar-refractivity contribution in [2.24, 2.45) is 5.73 Å². The first kappa shape index (κ1) is 24.6. The number of amides is 1. The molecule has 2 atom stereocenters. The summed E-state index contributed by atoms with van der Waals surface area (Å²) in [6, 6.07) is 19.0. The smallest absolute Gasteiger partial charge is 0.230 e. The van der Waals surface area contributed by atoms with E-state index in [0.29, 0.717) is 0 Å². The number of hydrogen-bond donors (Lipinski definition) is 3. The van der Waals surface area contributed by atoms with Crippen LogP contribution in [0.15, 0.2) is 54.6 Å². The number of nitrogens with one attached hydrogen (secondary N) is 2. The van der Waals surface area contributed by atoms with Crippen molar-refractivity contribution in [2.75, 3.05) is 30.6 Å². The third-order valence-corrected chi connectivity index (χ3v) is 6.71. The lowest BCUT2D eigenvalue weighted by atomic mass is 9.93. The number of likely N-dealkylation sites (tertiary alicyclic amines) is 1. The lowest BCUT2D eigenvalue weighted by Crippen LogP contribution is -2.48. The molecule has 0 spiro atoms. The van der Waals surface area contributed by atoms with Crippen molar-refractivity contribution in [3.05, 3.63) is 65.7 Å². The second kappa shape index (κ2) is 11.7. The summed E-state index contributed by atoms with van der Waals surface area (Å²) in [5.41, 5.74) is 9.14. The van der Waals surface area contributed by atoms with Crippen molar-refractivity contribution in [3.8, 4) is 0 Å². The van der Waals surface area contributed by atoms with E-state index in [1.165, 1.54) is 5.56 Å². The quantitative estimate of drug-likeness (QED) is 0.496. The molecule has 2 aromatic rings. The van der Waals surface area contributed by atoms with Crippen molar-refractivity contribution in [2.45, 2.75) is 57.0 Å². The van der Waals surface area contributed by atoms with E-state index in [1.54, 1.807) is 11.9 Å². The average Bonchev–Trinajstić information content (AvgIpc) is 3.53. The Hall–Kier alpha value is -2.02. The molecule has 1 saturated carbocycles. The van der Waals surface area contributed by atoms with Crippen LogP contribution in [-0.2, 0) is 16.6 Å². The Bertz CT molecular complexity index is 856. The summed E-state index contributed by atoms with van der Waals surface area (Å²) in [5, 5.41) is 3.41. The molecule has 0 aromatic heterocycles. The van der Waals surface area contributed by atoms with E-state index in [9.17, 15) is 4.79 Å². The molecule has 4 N–H and O–H groups in total. The highest BCUT2D eigenvalue weighted by molar-refractivity contribution is 7.99. The number of carbonyl (C=O) groups is 1. The zero-order chi connectivity index (χ0) is 23.0. The van der Waals surface area contributed by atoms with Gasteiger partial charge in [-0.15, -0.1) is 0 Å². The fraction of sp³-hybridized carbons (Fsp3) is 0.500. The summed E-state index contributed by atoms with van der Waals surface area (Å²) >= 11 is 1.57. The number of hydrogen-bond acceptors (Lipinski definition) is 5. The van der Waals surface area contributed by atoms with Gasteiger partial charge in [0.15, 0.2) is 0 Å². The van der Waals surface area contributed by atoms with Gasteiger partial charge >= 0.3 is 0 Å². The Morgan fingerprint density at radius 3 is 2.56 bits per heavy atom. The minimum atomic E-state index is -0.382.